The maximum Gasteiger partial charge on any atom is 0.413 e. The van der Waals surface area contributed by atoms with Gasteiger partial charge in [-0.2, -0.15) is 0 Å². The average molecular weight is 471 g/mol. The Hall–Kier alpha value is -3.04. The third-order valence-electron chi connectivity index (χ3n) is 4.64. The molecule has 0 saturated heterocycles. The largest absolute Gasteiger partial charge is 0.450 e. The van der Waals surface area contributed by atoms with Crippen molar-refractivity contribution in [2.75, 3.05) is 19.8 Å². The van der Waals surface area contributed by atoms with Crippen molar-refractivity contribution >= 4 is 24.1 Å². The summed E-state index contributed by atoms with van der Waals surface area (Å²) < 4.78 is 20.9. The van der Waals surface area contributed by atoms with Crippen molar-refractivity contribution < 1.29 is 38.1 Å². The molecule has 10 nitrogen and oxygen atoms in total. The number of ether oxygens (including phenoxy) is 4. The highest BCUT2D eigenvalue weighted by Crippen LogP contribution is 2.41. The Kier molecular flexibility index (Phi) is 12.3. The second kappa shape index (κ2) is 13.5. The van der Waals surface area contributed by atoms with Crippen molar-refractivity contribution in [3.05, 3.63) is 24.3 Å². The van der Waals surface area contributed by atoms with E-state index in [1.54, 1.807) is 27.7 Å². The van der Waals surface area contributed by atoms with Crippen LogP contribution in [0, 0.1) is 11.3 Å². The fraction of sp³-hybridized carbons (Fsp3) is 0.652. The van der Waals surface area contributed by atoms with Crippen molar-refractivity contribution in [2.45, 2.75) is 67.2 Å². The zero-order valence-corrected chi connectivity index (χ0v) is 20.8. The van der Waals surface area contributed by atoms with Crippen molar-refractivity contribution in [1.82, 2.24) is 10.6 Å². The Morgan fingerprint density at radius 1 is 0.879 bits per heavy atom. The van der Waals surface area contributed by atoms with Gasteiger partial charge in [0.05, 0.1) is 18.6 Å². The van der Waals surface area contributed by atoms with Gasteiger partial charge in [0.15, 0.2) is 0 Å². The molecule has 0 aromatic heterocycles. The summed E-state index contributed by atoms with van der Waals surface area (Å²) in [5, 5.41) is 5.06. The fourth-order valence-electron chi connectivity index (χ4n) is 2.96. The molecular formula is C23H38N2O8. The van der Waals surface area contributed by atoms with Crippen molar-refractivity contribution in [3.63, 3.8) is 0 Å². The lowest BCUT2D eigenvalue weighted by Crippen LogP contribution is -2.64. The van der Waals surface area contributed by atoms with Crippen molar-refractivity contribution in [3.8, 4) is 0 Å². The van der Waals surface area contributed by atoms with Crippen LogP contribution in [0.25, 0.3) is 0 Å². The number of hydrogen-bond acceptors (Lipinski definition) is 8. The van der Waals surface area contributed by atoms with Gasteiger partial charge in [0, 0.05) is 17.7 Å². The van der Waals surface area contributed by atoms with Crippen LogP contribution in [0.15, 0.2) is 24.3 Å². The number of carbonyl (C=O) groups is 4. The van der Waals surface area contributed by atoms with E-state index in [1.165, 1.54) is 13.8 Å². The lowest BCUT2D eigenvalue weighted by Gasteiger charge is -2.44. The van der Waals surface area contributed by atoms with Gasteiger partial charge >= 0.3 is 30.0 Å². The van der Waals surface area contributed by atoms with Crippen LogP contribution in [0.1, 0.15) is 61.3 Å². The van der Waals surface area contributed by atoms with Gasteiger partial charge in [-0.15, -0.1) is 0 Å². The highest BCUT2D eigenvalue weighted by Gasteiger charge is 2.55. The molecule has 2 amide bonds. The summed E-state index contributed by atoms with van der Waals surface area (Å²) in [4.78, 5) is 48.9. The highest BCUT2D eigenvalue weighted by molar-refractivity contribution is 5.89. The minimum absolute atomic E-state index is 0.0406. The molecule has 0 radical (unpaired) electrons. The third-order valence-corrected chi connectivity index (χ3v) is 4.64. The summed E-state index contributed by atoms with van der Waals surface area (Å²) in [6.45, 7) is 19.2. The van der Waals surface area contributed by atoms with E-state index in [1.807, 2.05) is 6.92 Å². The molecule has 0 saturated carbocycles. The Balaban J connectivity index is 5.97. The van der Waals surface area contributed by atoms with Crippen LogP contribution in [0.4, 0.5) is 9.59 Å². The first-order chi connectivity index (χ1) is 15.2. The van der Waals surface area contributed by atoms with Gasteiger partial charge in [-0.05, 0) is 46.5 Å². The van der Waals surface area contributed by atoms with Gasteiger partial charge in [0.2, 0.25) is 0 Å². The summed E-state index contributed by atoms with van der Waals surface area (Å²) in [6, 6.07) is 0. The Morgan fingerprint density at radius 2 is 1.33 bits per heavy atom. The first kappa shape index (κ1) is 30.0. The Labute approximate surface area is 196 Å². The zero-order valence-electron chi connectivity index (χ0n) is 20.8. The standard InChI is InChI=1S/C23H38N2O8/c1-10-30-20(28)24-13-12-17(7)14-22(8,9)23(25-21(29)31-11-2,32-18(26)15(3)4)33-19(27)16(5)6/h17H,3,5,10-14H2,1-2,4,6-9H3,(H,24,28)(H,25,29). The minimum atomic E-state index is -2.21. The van der Waals surface area contributed by atoms with Gasteiger partial charge in [0.25, 0.3) is 0 Å². The molecule has 0 aliphatic rings. The zero-order chi connectivity index (χ0) is 25.8. The second-order valence-electron chi connectivity index (χ2n) is 8.43. The van der Waals surface area contributed by atoms with Gasteiger partial charge in [-0.1, -0.05) is 33.9 Å². The average Bonchev–Trinajstić information content (AvgIpc) is 2.67. The quantitative estimate of drug-likeness (QED) is 0.180. The van der Waals surface area contributed by atoms with Crippen molar-refractivity contribution in [2.24, 2.45) is 11.3 Å². The lowest BCUT2D eigenvalue weighted by atomic mass is 9.78. The fourth-order valence-corrected chi connectivity index (χ4v) is 2.96. The van der Waals surface area contributed by atoms with Crippen LogP contribution in [0.2, 0.25) is 0 Å². The maximum absolute atomic E-state index is 12.5. The van der Waals surface area contributed by atoms with Crippen LogP contribution in [0.3, 0.4) is 0 Å². The smallest absolute Gasteiger partial charge is 0.413 e. The number of alkyl carbamates (subject to hydrolysis) is 2. The Bertz CT molecular complexity index is 717. The molecule has 0 aromatic carbocycles. The highest BCUT2D eigenvalue weighted by atomic mass is 16.8. The summed E-state index contributed by atoms with van der Waals surface area (Å²) in [5.41, 5.74) is -1.06. The first-order valence-electron chi connectivity index (χ1n) is 10.8. The summed E-state index contributed by atoms with van der Waals surface area (Å²) in [7, 11) is 0. The molecule has 188 valence electrons. The number of carbonyl (C=O) groups excluding carboxylic acids is 4. The van der Waals surface area contributed by atoms with Crippen LogP contribution in [-0.2, 0) is 28.5 Å². The van der Waals surface area contributed by atoms with Gasteiger partial charge < -0.3 is 24.3 Å². The van der Waals surface area contributed by atoms with Crippen LogP contribution < -0.4 is 10.6 Å². The van der Waals surface area contributed by atoms with E-state index in [0.717, 1.165) is 0 Å². The van der Waals surface area contributed by atoms with E-state index in [4.69, 9.17) is 18.9 Å². The molecule has 33 heavy (non-hydrogen) atoms. The normalized spacial score (nSPS) is 12.1. The molecule has 0 bridgehead atoms. The molecule has 1 atom stereocenters. The van der Waals surface area contributed by atoms with E-state index >= 15 is 0 Å². The number of rotatable bonds is 13. The second-order valence-corrected chi connectivity index (χ2v) is 8.43. The number of amides is 2. The monoisotopic (exact) mass is 470 g/mol. The number of nitrogens with one attached hydrogen (secondary N) is 2. The molecule has 2 N–H and O–H groups in total. The summed E-state index contributed by atoms with van der Waals surface area (Å²) in [6.07, 6.45) is -0.600. The van der Waals surface area contributed by atoms with Crippen LogP contribution in [-0.4, -0.2) is 49.8 Å². The summed E-state index contributed by atoms with van der Waals surface area (Å²) >= 11 is 0. The van der Waals surface area contributed by atoms with Crippen molar-refractivity contribution in [1.29, 1.82) is 0 Å². The molecule has 0 aliphatic heterocycles. The molecule has 0 heterocycles. The van der Waals surface area contributed by atoms with Crippen LogP contribution in [0.5, 0.6) is 0 Å². The molecule has 10 heteroatoms. The molecule has 0 rings (SSSR count). The SMILES string of the molecule is C=C(C)C(=O)OC(NC(=O)OCC)(OC(=O)C(=C)C)C(C)(C)CC(C)CCNC(=O)OCC. The minimum Gasteiger partial charge on any atom is -0.450 e. The van der Waals surface area contributed by atoms with Gasteiger partial charge in [0.1, 0.15) is 0 Å². The van der Waals surface area contributed by atoms with E-state index < -0.39 is 35.5 Å². The van der Waals surface area contributed by atoms with E-state index in [-0.39, 0.29) is 30.3 Å². The van der Waals surface area contributed by atoms with E-state index in [2.05, 4.69) is 23.8 Å². The molecule has 0 aliphatic carbocycles. The summed E-state index contributed by atoms with van der Waals surface area (Å²) in [5.74, 6) is -4.01. The number of esters is 2. The third kappa shape index (κ3) is 9.97. The first-order valence-corrected chi connectivity index (χ1v) is 10.8. The lowest BCUT2D eigenvalue weighted by molar-refractivity contribution is -0.277. The van der Waals surface area contributed by atoms with Gasteiger partial charge in [-0.3, -0.25) is 0 Å². The topological polar surface area (TPSA) is 129 Å². The predicted molar refractivity (Wildman–Crippen MR) is 122 cm³/mol. The number of hydrogen-bond donors (Lipinski definition) is 2. The van der Waals surface area contributed by atoms with Gasteiger partial charge in [-0.25, -0.2) is 24.5 Å². The maximum atomic E-state index is 12.5. The Morgan fingerprint density at radius 3 is 1.76 bits per heavy atom. The predicted octanol–water partition coefficient (Wildman–Crippen LogP) is 3.81. The molecule has 0 aromatic rings. The molecular weight excluding hydrogens is 432 g/mol. The van der Waals surface area contributed by atoms with Crippen LogP contribution >= 0.6 is 0 Å². The van der Waals surface area contributed by atoms with E-state index in [9.17, 15) is 19.2 Å². The molecule has 0 spiro atoms. The molecule has 0 fully saturated rings. The molecule has 1 unspecified atom stereocenters. The van der Waals surface area contributed by atoms with E-state index in [0.29, 0.717) is 19.4 Å².